The number of carbonyl (C=O) groups excluding carboxylic acids is 2. The first-order valence-electron chi connectivity index (χ1n) is 8.60. The Kier molecular flexibility index (Phi) is 5.93. The van der Waals surface area contributed by atoms with E-state index in [1.54, 1.807) is 31.2 Å². The Balaban J connectivity index is 1.92. The summed E-state index contributed by atoms with van der Waals surface area (Å²) in [6.07, 6.45) is 2.38. The lowest BCUT2D eigenvalue weighted by Crippen LogP contribution is -2.12. The molecule has 0 atom stereocenters. The van der Waals surface area contributed by atoms with Crippen molar-refractivity contribution in [3.8, 4) is 5.88 Å². The summed E-state index contributed by atoms with van der Waals surface area (Å²) in [5.74, 6) is -1.49. The first-order valence-corrected chi connectivity index (χ1v) is 8.60. The molecule has 1 amide bonds. The van der Waals surface area contributed by atoms with Gasteiger partial charge in [0.25, 0.3) is 5.91 Å². The van der Waals surface area contributed by atoms with Crippen molar-refractivity contribution < 1.29 is 24.6 Å². The van der Waals surface area contributed by atoms with E-state index >= 15 is 0 Å². The summed E-state index contributed by atoms with van der Waals surface area (Å²) in [5, 5.41) is 30.0. The number of ether oxygens (including phenoxy) is 1. The molecule has 0 aliphatic rings. The average Bonchev–Trinajstić information content (AvgIpc) is 2.98. The maximum atomic E-state index is 12.3. The van der Waals surface area contributed by atoms with Crippen molar-refractivity contribution in [2.24, 2.45) is 15.4 Å². The van der Waals surface area contributed by atoms with Crippen molar-refractivity contribution in [3.63, 3.8) is 0 Å². The van der Waals surface area contributed by atoms with Gasteiger partial charge in [-0.15, -0.1) is 10.2 Å². The van der Waals surface area contributed by atoms with Gasteiger partial charge in [-0.05, 0) is 25.1 Å². The minimum Gasteiger partial charge on any atom is -0.493 e. The summed E-state index contributed by atoms with van der Waals surface area (Å²) in [5.41, 5.74) is 1.14. The van der Waals surface area contributed by atoms with E-state index in [0.717, 1.165) is 6.21 Å². The van der Waals surface area contributed by atoms with E-state index in [1.807, 2.05) is 0 Å². The third-order valence-corrected chi connectivity index (χ3v) is 3.97. The number of aromatic hydroxyl groups is 1. The molecule has 2 aromatic heterocycles. The van der Waals surface area contributed by atoms with Crippen molar-refractivity contribution in [1.82, 2.24) is 9.55 Å². The summed E-state index contributed by atoms with van der Waals surface area (Å²) in [7, 11) is 0. The number of nitrogens with zero attached hydrogens (tertiary/aromatic N) is 5. The number of aromatic nitrogens is 2. The number of esters is 1. The van der Waals surface area contributed by atoms with E-state index in [-0.39, 0.29) is 30.3 Å². The number of hydrogen-bond donors (Lipinski definition) is 2. The molecule has 3 aromatic rings. The fourth-order valence-corrected chi connectivity index (χ4v) is 2.69. The molecule has 10 nitrogen and oxygen atoms in total. The molecule has 2 heterocycles. The zero-order valence-electron chi connectivity index (χ0n) is 15.4. The van der Waals surface area contributed by atoms with Crippen LogP contribution in [0.3, 0.4) is 0 Å². The van der Waals surface area contributed by atoms with Gasteiger partial charge in [0.05, 0.1) is 29.6 Å². The predicted molar refractivity (Wildman–Crippen MR) is 103 cm³/mol. The number of fused-ring (bicyclic) bond motifs is 1. The highest BCUT2D eigenvalue weighted by molar-refractivity contribution is 5.98. The van der Waals surface area contributed by atoms with Crippen molar-refractivity contribution >= 4 is 34.7 Å². The summed E-state index contributed by atoms with van der Waals surface area (Å²) in [6.45, 7) is 1.70. The van der Waals surface area contributed by atoms with Crippen molar-refractivity contribution in [2.75, 3.05) is 6.61 Å². The van der Waals surface area contributed by atoms with Crippen molar-refractivity contribution in [2.45, 2.75) is 13.5 Å². The van der Waals surface area contributed by atoms with E-state index < -0.39 is 11.9 Å². The summed E-state index contributed by atoms with van der Waals surface area (Å²) < 4.78 is 6.28. The monoisotopic (exact) mass is 395 g/mol. The van der Waals surface area contributed by atoms with Gasteiger partial charge in [-0.3, -0.25) is 19.1 Å². The van der Waals surface area contributed by atoms with Crippen molar-refractivity contribution in [3.05, 3.63) is 53.9 Å². The van der Waals surface area contributed by atoms with Crippen LogP contribution in [-0.4, -0.2) is 44.6 Å². The van der Waals surface area contributed by atoms with Gasteiger partial charge in [-0.2, -0.15) is 0 Å². The van der Waals surface area contributed by atoms with Gasteiger partial charge in [0.1, 0.15) is 6.54 Å². The largest absolute Gasteiger partial charge is 0.493 e. The second kappa shape index (κ2) is 8.74. The smallest absolute Gasteiger partial charge is 0.326 e. The van der Waals surface area contributed by atoms with Crippen LogP contribution in [0.1, 0.15) is 23.0 Å². The van der Waals surface area contributed by atoms with E-state index in [2.05, 4.69) is 20.4 Å². The molecule has 3 rings (SSSR count). The maximum absolute atomic E-state index is 12.3. The van der Waals surface area contributed by atoms with Crippen LogP contribution in [-0.2, 0) is 16.1 Å². The average molecular weight is 395 g/mol. The molecule has 0 fully saturated rings. The van der Waals surface area contributed by atoms with Gasteiger partial charge < -0.3 is 15.1 Å². The minimum absolute atomic E-state index is 0.0650. The van der Waals surface area contributed by atoms with E-state index in [9.17, 15) is 14.7 Å². The van der Waals surface area contributed by atoms with Crippen molar-refractivity contribution in [1.29, 1.82) is 0 Å². The molecule has 1 aromatic carbocycles. The third-order valence-electron chi connectivity index (χ3n) is 3.97. The van der Waals surface area contributed by atoms with E-state index in [1.165, 1.54) is 22.9 Å². The first-order chi connectivity index (χ1) is 14.0. The molecule has 0 spiro atoms. The maximum Gasteiger partial charge on any atom is 0.326 e. The first kappa shape index (κ1) is 19.7. The molecule has 0 unspecified atom stereocenters. The standard InChI is InChI=1S/C19H17N5O5/c1-2-29-16(25)11-24-15-6-4-3-5-14(15)17(19(24)27)22-23-18(26)12-7-8-13(10-21-28)20-9-12/h3-10,27-28H,2,11H2,1H3. The predicted octanol–water partition coefficient (Wildman–Crippen LogP) is 3.04. The molecule has 0 saturated heterocycles. The zero-order chi connectivity index (χ0) is 20.8. The van der Waals surface area contributed by atoms with Gasteiger partial charge in [0.2, 0.25) is 5.88 Å². The second-order valence-electron chi connectivity index (χ2n) is 5.80. The molecule has 0 aliphatic heterocycles. The van der Waals surface area contributed by atoms with Crippen LogP contribution in [0.5, 0.6) is 5.88 Å². The van der Waals surface area contributed by atoms with E-state index in [0.29, 0.717) is 16.6 Å². The molecule has 0 bridgehead atoms. The summed E-state index contributed by atoms with van der Waals surface area (Å²) >= 11 is 0. The fourth-order valence-electron chi connectivity index (χ4n) is 2.69. The van der Waals surface area contributed by atoms with Crippen LogP contribution in [0.25, 0.3) is 10.9 Å². The molecule has 0 radical (unpaired) electrons. The number of rotatable bonds is 6. The van der Waals surface area contributed by atoms with Crippen LogP contribution in [0, 0.1) is 0 Å². The number of oxime groups is 1. The lowest BCUT2D eigenvalue weighted by Gasteiger charge is -2.06. The summed E-state index contributed by atoms with van der Waals surface area (Å²) in [4.78, 5) is 28.0. The number of benzene rings is 1. The Morgan fingerprint density at radius 3 is 2.72 bits per heavy atom. The SMILES string of the molecule is CCOC(=O)Cn1c(O)c(N=NC(=O)c2ccc(C=NO)nc2)c2ccccc21. The number of pyridine rings is 1. The second-order valence-corrected chi connectivity index (χ2v) is 5.80. The Bertz CT molecular complexity index is 1100. The number of para-hydroxylation sites is 1. The Morgan fingerprint density at radius 2 is 2.03 bits per heavy atom. The van der Waals surface area contributed by atoms with Crippen LogP contribution < -0.4 is 0 Å². The van der Waals surface area contributed by atoms with Gasteiger partial charge in [-0.25, -0.2) is 0 Å². The minimum atomic E-state index is -0.674. The van der Waals surface area contributed by atoms with Crippen LogP contribution >= 0.6 is 0 Å². The Morgan fingerprint density at radius 1 is 1.24 bits per heavy atom. The quantitative estimate of drug-likeness (QED) is 0.216. The van der Waals surface area contributed by atoms with Gasteiger partial charge in [0.15, 0.2) is 5.69 Å². The zero-order valence-corrected chi connectivity index (χ0v) is 15.4. The molecular weight excluding hydrogens is 378 g/mol. The number of amides is 1. The molecule has 29 heavy (non-hydrogen) atoms. The third kappa shape index (κ3) is 4.26. The molecule has 148 valence electrons. The van der Waals surface area contributed by atoms with Crippen LogP contribution in [0.4, 0.5) is 5.69 Å². The number of hydrogen-bond acceptors (Lipinski definition) is 8. The summed E-state index contributed by atoms with van der Waals surface area (Å²) in [6, 6.07) is 9.82. The van der Waals surface area contributed by atoms with Gasteiger partial charge in [-0.1, -0.05) is 23.4 Å². The number of azo groups is 1. The molecule has 0 saturated carbocycles. The highest BCUT2D eigenvalue weighted by Crippen LogP contribution is 2.38. The van der Waals surface area contributed by atoms with Crippen LogP contribution in [0.2, 0.25) is 0 Å². The van der Waals surface area contributed by atoms with E-state index in [4.69, 9.17) is 9.94 Å². The Hall–Kier alpha value is -4.08. The lowest BCUT2D eigenvalue weighted by atomic mass is 10.2. The van der Waals surface area contributed by atoms with Crippen LogP contribution in [0.15, 0.2) is 58.0 Å². The normalized spacial score (nSPS) is 11.5. The number of carbonyl (C=O) groups is 2. The molecule has 0 aliphatic carbocycles. The van der Waals surface area contributed by atoms with Gasteiger partial charge >= 0.3 is 5.97 Å². The molecular formula is C19H17N5O5. The lowest BCUT2D eigenvalue weighted by molar-refractivity contribution is -0.143. The Labute approximate surface area is 164 Å². The molecule has 10 heteroatoms. The van der Waals surface area contributed by atoms with Gasteiger partial charge in [0, 0.05) is 11.6 Å². The fraction of sp³-hybridized carbons (Fsp3) is 0.158. The molecule has 2 N–H and O–H groups in total. The highest BCUT2D eigenvalue weighted by atomic mass is 16.5. The topological polar surface area (TPSA) is 139 Å². The highest BCUT2D eigenvalue weighted by Gasteiger charge is 2.19.